The average Bonchev–Trinajstić information content (AvgIpc) is 2.14. The van der Waals surface area contributed by atoms with Crippen LogP contribution in [0.25, 0.3) is 0 Å². The molecule has 1 amide bonds. The van der Waals surface area contributed by atoms with Crippen molar-refractivity contribution in [3.05, 3.63) is 0 Å². The lowest BCUT2D eigenvalue weighted by atomic mass is 10.0. The summed E-state index contributed by atoms with van der Waals surface area (Å²) >= 11 is 0. The Balaban J connectivity index is 4.23. The van der Waals surface area contributed by atoms with Crippen LogP contribution in [0.2, 0.25) is 0 Å². The SMILES string of the molecule is COC(=O)C(NCC(=O)NC(C)(C)C)C(C)C. The molecule has 0 fully saturated rings. The molecule has 2 N–H and O–H groups in total. The van der Waals surface area contributed by atoms with Crippen molar-refractivity contribution in [2.75, 3.05) is 13.7 Å². The van der Waals surface area contributed by atoms with E-state index in [0.717, 1.165) is 0 Å². The van der Waals surface area contributed by atoms with Gasteiger partial charge < -0.3 is 10.1 Å². The standard InChI is InChI=1S/C12H24N2O3/c1-8(2)10(11(16)17-6)13-7-9(15)14-12(3,4)5/h8,10,13H,7H2,1-6H3,(H,14,15). The fourth-order valence-corrected chi connectivity index (χ4v) is 1.38. The second kappa shape index (κ2) is 6.59. The zero-order valence-corrected chi connectivity index (χ0v) is 11.6. The number of rotatable bonds is 5. The Kier molecular flexibility index (Phi) is 6.16. The minimum atomic E-state index is -0.453. The number of carbonyl (C=O) groups is 2. The number of hydrogen-bond donors (Lipinski definition) is 2. The van der Waals surface area contributed by atoms with E-state index >= 15 is 0 Å². The van der Waals surface area contributed by atoms with E-state index in [0.29, 0.717) is 0 Å². The highest BCUT2D eigenvalue weighted by Crippen LogP contribution is 2.03. The fraction of sp³-hybridized carbons (Fsp3) is 0.833. The topological polar surface area (TPSA) is 67.4 Å². The van der Waals surface area contributed by atoms with Gasteiger partial charge in [0.1, 0.15) is 6.04 Å². The highest BCUT2D eigenvalue weighted by atomic mass is 16.5. The van der Waals surface area contributed by atoms with Crippen LogP contribution < -0.4 is 10.6 Å². The molecular formula is C12H24N2O3. The van der Waals surface area contributed by atoms with Crippen molar-refractivity contribution in [3.8, 4) is 0 Å². The molecule has 0 spiro atoms. The summed E-state index contributed by atoms with van der Waals surface area (Å²) in [7, 11) is 1.34. The summed E-state index contributed by atoms with van der Waals surface area (Å²) in [4.78, 5) is 23.0. The molecule has 0 rings (SSSR count). The smallest absolute Gasteiger partial charge is 0.323 e. The Morgan fingerprint density at radius 2 is 1.76 bits per heavy atom. The largest absolute Gasteiger partial charge is 0.468 e. The molecule has 17 heavy (non-hydrogen) atoms. The van der Waals surface area contributed by atoms with Crippen LogP contribution in [0, 0.1) is 5.92 Å². The Bertz CT molecular complexity index is 269. The van der Waals surface area contributed by atoms with Crippen molar-refractivity contribution in [3.63, 3.8) is 0 Å². The third kappa shape index (κ3) is 6.94. The molecule has 0 aliphatic carbocycles. The molecule has 5 heteroatoms. The van der Waals surface area contributed by atoms with Gasteiger partial charge in [0.25, 0.3) is 0 Å². The summed E-state index contributed by atoms with van der Waals surface area (Å²) in [6.45, 7) is 9.63. The van der Waals surface area contributed by atoms with Crippen LogP contribution in [0.3, 0.4) is 0 Å². The van der Waals surface area contributed by atoms with E-state index in [1.807, 2.05) is 34.6 Å². The predicted molar refractivity (Wildman–Crippen MR) is 66.5 cm³/mol. The first-order chi connectivity index (χ1) is 7.67. The lowest BCUT2D eigenvalue weighted by Crippen LogP contribution is -2.49. The van der Waals surface area contributed by atoms with E-state index in [2.05, 4.69) is 15.4 Å². The van der Waals surface area contributed by atoms with Crippen LogP contribution in [0.1, 0.15) is 34.6 Å². The number of nitrogens with one attached hydrogen (secondary N) is 2. The molecule has 0 aromatic carbocycles. The molecule has 0 aliphatic heterocycles. The molecule has 0 radical (unpaired) electrons. The van der Waals surface area contributed by atoms with Crippen LogP contribution in [-0.4, -0.2) is 37.1 Å². The molecule has 0 bridgehead atoms. The Morgan fingerprint density at radius 3 is 2.12 bits per heavy atom. The number of methoxy groups -OCH3 is 1. The normalized spacial score (nSPS) is 13.4. The van der Waals surface area contributed by atoms with Crippen molar-refractivity contribution < 1.29 is 14.3 Å². The molecule has 0 heterocycles. The van der Waals surface area contributed by atoms with Gasteiger partial charge in [0, 0.05) is 5.54 Å². The monoisotopic (exact) mass is 244 g/mol. The van der Waals surface area contributed by atoms with Crippen LogP contribution in [-0.2, 0) is 14.3 Å². The summed E-state index contributed by atoms with van der Waals surface area (Å²) in [6.07, 6.45) is 0. The van der Waals surface area contributed by atoms with Crippen molar-refractivity contribution in [2.24, 2.45) is 5.92 Å². The van der Waals surface area contributed by atoms with E-state index in [1.165, 1.54) is 7.11 Å². The molecule has 5 nitrogen and oxygen atoms in total. The molecule has 0 aliphatic rings. The highest BCUT2D eigenvalue weighted by Gasteiger charge is 2.23. The maximum Gasteiger partial charge on any atom is 0.323 e. The van der Waals surface area contributed by atoms with Crippen LogP contribution in [0.5, 0.6) is 0 Å². The number of esters is 1. The maximum absolute atomic E-state index is 11.6. The van der Waals surface area contributed by atoms with Gasteiger partial charge in [0.05, 0.1) is 13.7 Å². The van der Waals surface area contributed by atoms with E-state index in [9.17, 15) is 9.59 Å². The van der Waals surface area contributed by atoms with Gasteiger partial charge >= 0.3 is 5.97 Å². The molecule has 0 aromatic rings. The van der Waals surface area contributed by atoms with Crippen molar-refractivity contribution in [1.82, 2.24) is 10.6 Å². The van der Waals surface area contributed by atoms with Gasteiger partial charge in [-0.2, -0.15) is 0 Å². The summed E-state index contributed by atoms with van der Waals surface area (Å²) < 4.78 is 4.67. The molecule has 1 unspecified atom stereocenters. The molecule has 0 aromatic heterocycles. The minimum Gasteiger partial charge on any atom is -0.468 e. The Hall–Kier alpha value is -1.10. The molecule has 0 saturated heterocycles. The third-order valence-electron chi connectivity index (χ3n) is 2.12. The van der Waals surface area contributed by atoms with E-state index in [-0.39, 0.29) is 29.9 Å². The molecular weight excluding hydrogens is 220 g/mol. The second-order valence-corrected chi connectivity index (χ2v) is 5.42. The summed E-state index contributed by atoms with van der Waals surface area (Å²) in [5, 5.41) is 5.72. The molecule has 1 atom stereocenters. The molecule has 0 saturated carbocycles. The lowest BCUT2D eigenvalue weighted by Gasteiger charge is -2.23. The van der Waals surface area contributed by atoms with E-state index in [1.54, 1.807) is 0 Å². The summed E-state index contributed by atoms with van der Waals surface area (Å²) in [5.41, 5.74) is -0.267. The van der Waals surface area contributed by atoms with Gasteiger partial charge in [0.2, 0.25) is 5.91 Å². The average molecular weight is 244 g/mol. The van der Waals surface area contributed by atoms with Crippen molar-refractivity contribution in [1.29, 1.82) is 0 Å². The first-order valence-corrected chi connectivity index (χ1v) is 5.79. The first-order valence-electron chi connectivity index (χ1n) is 5.79. The van der Waals surface area contributed by atoms with E-state index in [4.69, 9.17) is 0 Å². The fourth-order valence-electron chi connectivity index (χ4n) is 1.38. The van der Waals surface area contributed by atoms with Gasteiger partial charge in [-0.15, -0.1) is 0 Å². The number of ether oxygens (including phenoxy) is 1. The van der Waals surface area contributed by atoms with Gasteiger partial charge in [-0.1, -0.05) is 13.8 Å². The number of carbonyl (C=O) groups excluding carboxylic acids is 2. The number of hydrogen-bond acceptors (Lipinski definition) is 4. The van der Waals surface area contributed by atoms with Crippen molar-refractivity contribution >= 4 is 11.9 Å². The highest BCUT2D eigenvalue weighted by molar-refractivity contribution is 5.81. The van der Waals surface area contributed by atoms with Gasteiger partial charge in [-0.3, -0.25) is 14.9 Å². The van der Waals surface area contributed by atoms with Crippen LogP contribution >= 0.6 is 0 Å². The first kappa shape index (κ1) is 15.9. The summed E-state index contributed by atoms with van der Waals surface area (Å²) in [6, 6.07) is -0.453. The number of amides is 1. The minimum absolute atomic E-state index is 0.0740. The zero-order chi connectivity index (χ0) is 13.6. The Labute approximate surface area is 103 Å². The predicted octanol–water partition coefficient (Wildman–Crippen LogP) is 0.688. The Morgan fingerprint density at radius 1 is 1.24 bits per heavy atom. The third-order valence-corrected chi connectivity index (χ3v) is 2.12. The van der Waals surface area contributed by atoms with Crippen LogP contribution in [0.4, 0.5) is 0 Å². The zero-order valence-electron chi connectivity index (χ0n) is 11.6. The van der Waals surface area contributed by atoms with Crippen molar-refractivity contribution in [2.45, 2.75) is 46.2 Å². The quantitative estimate of drug-likeness (QED) is 0.698. The van der Waals surface area contributed by atoms with Gasteiger partial charge in [-0.25, -0.2) is 0 Å². The van der Waals surface area contributed by atoms with E-state index < -0.39 is 6.04 Å². The second-order valence-electron chi connectivity index (χ2n) is 5.42. The maximum atomic E-state index is 11.6. The van der Waals surface area contributed by atoms with Gasteiger partial charge in [0.15, 0.2) is 0 Å². The summed E-state index contributed by atoms with van der Waals surface area (Å²) in [5.74, 6) is -0.402. The molecule has 100 valence electrons. The van der Waals surface area contributed by atoms with Gasteiger partial charge in [-0.05, 0) is 26.7 Å². The lowest BCUT2D eigenvalue weighted by molar-refractivity contribution is -0.144. The van der Waals surface area contributed by atoms with Crippen LogP contribution in [0.15, 0.2) is 0 Å².